The summed E-state index contributed by atoms with van der Waals surface area (Å²) in [7, 11) is 0. The van der Waals surface area contributed by atoms with Crippen molar-refractivity contribution < 1.29 is 14.8 Å². The first-order valence-corrected chi connectivity index (χ1v) is 6.00. The number of carbonyl (C=O) groups is 1. The average molecular weight is 265 g/mol. The zero-order valence-electron chi connectivity index (χ0n) is 10.3. The molecular formula is C12H15N3O4. The predicted molar refractivity (Wildman–Crippen MR) is 70.1 cm³/mol. The Labute approximate surface area is 109 Å². The maximum absolute atomic E-state index is 11.0. The van der Waals surface area contributed by atoms with Crippen molar-refractivity contribution in [1.29, 1.82) is 0 Å². The van der Waals surface area contributed by atoms with Crippen LogP contribution in [0, 0.1) is 16.0 Å². The van der Waals surface area contributed by atoms with E-state index in [2.05, 4.69) is 0 Å². The van der Waals surface area contributed by atoms with E-state index >= 15 is 0 Å². The van der Waals surface area contributed by atoms with Crippen molar-refractivity contribution in [3.63, 3.8) is 0 Å². The van der Waals surface area contributed by atoms with E-state index in [-0.39, 0.29) is 11.6 Å². The maximum Gasteiger partial charge on any atom is 0.306 e. The predicted octanol–water partition coefficient (Wildman–Crippen LogP) is 1.48. The van der Waals surface area contributed by atoms with Crippen LogP contribution >= 0.6 is 0 Å². The van der Waals surface area contributed by atoms with Gasteiger partial charge in [-0.05, 0) is 25.0 Å². The minimum atomic E-state index is -0.804. The van der Waals surface area contributed by atoms with Gasteiger partial charge in [0.2, 0.25) is 0 Å². The number of nitrogens with zero attached hydrogens (tertiary/aromatic N) is 2. The number of nitrogens with two attached hydrogens (primary N) is 1. The van der Waals surface area contributed by atoms with Crippen LogP contribution in [0.15, 0.2) is 18.2 Å². The molecule has 1 heterocycles. The SMILES string of the molecule is Nc1ccc([N+](=O)[O-])c(N2CCC(C(=O)O)CC2)c1. The van der Waals surface area contributed by atoms with Gasteiger partial charge in [-0.25, -0.2) is 0 Å². The summed E-state index contributed by atoms with van der Waals surface area (Å²) >= 11 is 0. The molecule has 0 aromatic heterocycles. The van der Waals surface area contributed by atoms with Gasteiger partial charge in [-0.1, -0.05) is 0 Å². The van der Waals surface area contributed by atoms with Gasteiger partial charge in [0.15, 0.2) is 0 Å². The summed E-state index contributed by atoms with van der Waals surface area (Å²) in [6.45, 7) is 0.975. The van der Waals surface area contributed by atoms with Crippen LogP contribution in [-0.4, -0.2) is 29.1 Å². The molecule has 0 bridgehead atoms. The quantitative estimate of drug-likeness (QED) is 0.486. The van der Waals surface area contributed by atoms with Crippen LogP contribution in [0.2, 0.25) is 0 Å². The first-order valence-electron chi connectivity index (χ1n) is 6.00. The summed E-state index contributed by atoms with van der Waals surface area (Å²) in [5.74, 6) is -1.17. The van der Waals surface area contributed by atoms with Crippen LogP contribution in [0.3, 0.4) is 0 Å². The van der Waals surface area contributed by atoms with E-state index in [4.69, 9.17) is 10.8 Å². The zero-order chi connectivity index (χ0) is 14.0. The summed E-state index contributed by atoms with van der Waals surface area (Å²) in [5, 5.41) is 19.9. The normalized spacial score (nSPS) is 16.3. The van der Waals surface area contributed by atoms with Gasteiger partial charge in [0.1, 0.15) is 5.69 Å². The highest BCUT2D eigenvalue weighted by molar-refractivity contribution is 5.72. The number of aliphatic carboxylic acids is 1. The van der Waals surface area contributed by atoms with Crippen molar-refractivity contribution in [1.82, 2.24) is 0 Å². The molecule has 1 aromatic rings. The second kappa shape index (κ2) is 5.13. The lowest BCUT2D eigenvalue weighted by Gasteiger charge is -2.31. The van der Waals surface area contributed by atoms with Crippen molar-refractivity contribution in [3.8, 4) is 0 Å². The van der Waals surface area contributed by atoms with Gasteiger partial charge in [-0.15, -0.1) is 0 Å². The molecule has 1 aliphatic rings. The Bertz CT molecular complexity index is 510. The number of piperidine rings is 1. The Morgan fingerprint density at radius 2 is 2.05 bits per heavy atom. The van der Waals surface area contributed by atoms with E-state index < -0.39 is 10.9 Å². The van der Waals surface area contributed by atoms with Crippen LogP contribution < -0.4 is 10.6 Å². The number of hydrogen-bond donors (Lipinski definition) is 2. The van der Waals surface area contributed by atoms with Gasteiger partial charge in [-0.3, -0.25) is 14.9 Å². The van der Waals surface area contributed by atoms with Gasteiger partial charge in [0.05, 0.1) is 10.8 Å². The lowest BCUT2D eigenvalue weighted by atomic mass is 9.96. The molecule has 0 atom stereocenters. The number of hydrogen-bond acceptors (Lipinski definition) is 5. The Morgan fingerprint density at radius 1 is 1.42 bits per heavy atom. The van der Waals surface area contributed by atoms with Crippen molar-refractivity contribution >= 4 is 23.0 Å². The Balaban J connectivity index is 2.21. The molecule has 0 aliphatic carbocycles. The van der Waals surface area contributed by atoms with Gasteiger partial charge < -0.3 is 15.7 Å². The highest BCUT2D eigenvalue weighted by Crippen LogP contribution is 2.33. The van der Waals surface area contributed by atoms with Crippen molar-refractivity contribution in [2.45, 2.75) is 12.8 Å². The van der Waals surface area contributed by atoms with Gasteiger partial charge in [0.25, 0.3) is 5.69 Å². The fourth-order valence-corrected chi connectivity index (χ4v) is 2.32. The number of nitro groups is 1. The number of nitro benzene ring substituents is 1. The van der Waals surface area contributed by atoms with Crippen molar-refractivity contribution in [3.05, 3.63) is 28.3 Å². The summed E-state index contributed by atoms with van der Waals surface area (Å²) in [5.41, 5.74) is 6.59. The lowest BCUT2D eigenvalue weighted by Crippen LogP contribution is -2.36. The van der Waals surface area contributed by atoms with Crippen LogP contribution in [-0.2, 0) is 4.79 Å². The van der Waals surface area contributed by atoms with Crippen LogP contribution in [0.4, 0.5) is 17.1 Å². The number of carboxylic acid groups (broad SMARTS) is 1. The highest BCUT2D eigenvalue weighted by atomic mass is 16.6. The molecular weight excluding hydrogens is 250 g/mol. The van der Waals surface area contributed by atoms with E-state index in [1.165, 1.54) is 12.1 Å². The average Bonchev–Trinajstić information content (AvgIpc) is 2.38. The number of anilines is 2. The molecule has 102 valence electrons. The molecule has 0 unspecified atom stereocenters. The lowest BCUT2D eigenvalue weighted by molar-refractivity contribution is -0.384. The van der Waals surface area contributed by atoms with Crippen molar-refractivity contribution in [2.24, 2.45) is 5.92 Å². The number of nitrogen functional groups attached to an aromatic ring is 1. The molecule has 7 heteroatoms. The first kappa shape index (κ1) is 13.1. The molecule has 1 fully saturated rings. The molecule has 1 saturated heterocycles. The summed E-state index contributed by atoms with van der Waals surface area (Å²) < 4.78 is 0. The third kappa shape index (κ3) is 2.75. The maximum atomic E-state index is 11.0. The molecule has 0 saturated carbocycles. The van der Waals surface area contributed by atoms with Crippen LogP contribution in [0.5, 0.6) is 0 Å². The Hall–Kier alpha value is -2.31. The zero-order valence-corrected chi connectivity index (χ0v) is 10.3. The van der Waals surface area contributed by atoms with E-state index in [0.29, 0.717) is 37.3 Å². The molecule has 7 nitrogen and oxygen atoms in total. The molecule has 19 heavy (non-hydrogen) atoms. The molecule has 1 aliphatic heterocycles. The Kier molecular flexibility index (Phi) is 3.55. The van der Waals surface area contributed by atoms with E-state index in [0.717, 1.165) is 0 Å². The summed E-state index contributed by atoms with van der Waals surface area (Å²) in [6.07, 6.45) is 0.975. The summed E-state index contributed by atoms with van der Waals surface area (Å²) in [4.78, 5) is 23.3. The van der Waals surface area contributed by atoms with E-state index in [9.17, 15) is 14.9 Å². The fourth-order valence-electron chi connectivity index (χ4n) is 2.32. The van der Waals surface area contributed by atoms with Gasteiger partial charge in [0, 0.05) is 24.8 Å². The van der Waals surface area contributed by atoms with Gasteiger partial charge in [-0.2, -0.15) is 0 Å². The topological polar surface area (TPSA) is 110 Å². The van der Waals surface area contributed by atoms with Crippen molar-refractivity contribution in [2.75, 3.05) is 23.7 Å². The number of rotatable bonds is 3. The van der Waals surface area contributed by atoms with E-state index in [1.54, 1.807) is 6.07 Å². The molecule has 0 radical (unpaired) electrons. The first-order chi connectivity index (χ1) is 8.99. The smallest absolute Gasteiger partial charge is 0.306 e. The number of benzene rings is 1. The van der Waals surface area contributed by atoms with Crippen LogP contribution in [0.1, 0.15) is 12.8 Å². The Morgan fingerprint density at radius 3 is 2.58 bits per heavy atom. The van der Waals surface area contributed by atoms with Crippen LogP contribution in [0.25, 0.3) is 0 Å². The minimum absolute atomic E-state index is 0.00275. The van der Waals surface area contributed by atoms with E-state index in [1.807, 2.05) is 4.90 Å². The van der Waals surface area contributed by atoms with Gasteiger partial charge >= 0.3 is 5.97 Å². The highest BCUT2D eigenvalue weighted by Gasteiger charge is 2.28. The third-order valence-corrected chi connectivity index (χ3v) is 3.38. The third-order valence-electron chi connectivity index (χ3n) is 3.38. The monoisotopic (exact) mass is 265 g/mol. The largest absolute Gasteiger partial charge is 0.481 e. The minimum Gasteiger partial charge on any atom is -0.481 e. The fraction of sp³-hybridized carbons (Fsp3) is 0.417. The molecule has 0 amide bonds. The second-order valence-electron chi connectivity index (χ2n) is 4.60. The number of carboxylic acids is 1. The second-order valence-corrected chi connectivity index (χ2v) is 4.60. The molecule has 1 aromatic carbocycles. The molecule has 0 spiro atoms. The summed E-state index contributed by atoms with van der Waals surface area (Å²) in [6, 6.07) is 4.44. The molecule has 3 N–H and O–H groups in total. The standard InChI is InChI=1S/C12H15N3O4/c13-9-1-2-10(15(18)19)11(7-9)14-5-3-8(4-6-14)12(16)17/h1-2,7-8H,3-6,13H2,(H,16,17). The molecule has 2 rings (SSSR count).